The molecule has 2 aromatic heterocycles. The van der Waals surface area contributed by atoms with Crippen molar-refractivity contribution in [2.75, 3.05) is 13.1 Å². The quantitative estimate of drug-likeness (QED) is 0.623. The number of thiophene rings is 1. The number of ether oxygens (including phenoxy) is 1. The first-order valence-corrected chi connectivity index (χ1v) is 10.3. The number of rotatable bonds is 4. The van der Waals surface area contributed by atoms with Gasteiger partial charge in [-0.3, -0.25) is 4.79 Å². The summed E-state index contributed by atoms with van der Waals surface area (Å²) in [6.07, 6.45) is 5.61. The van der Waals surface area contributed by atoms with E-state index in [1.54, 1.807) is 17.4 Å². The molecular formula is C22H23N3O2S. The summed E-state index contributed by atoms with van der Waals surface area (Å²) in [5.41, 5.74) is 2.79. The van der Waals surface area contributed by atoms with E-state index in [0.29, 0.717) is 13.1 Å². The van der Waals surface area contributed by atoms with Crippen molar-refractivity contribution in [3.63, 3.8) is 0 Å². The molecule has 3 aromatic rings. The van der Waals surface area contributed by atoms with E-state index in [0.717, 1.165) is 21.8 Å². The number of benzene rings is 1. The highest BCUT2D eigenvalue weighted by Crippen LogP contribution is 2.28. The summed E-state index contributed by atoms with van der Waals surface area (Å²) >= 11 is 1.64. The predicted octanol–water partition coefficient (Wildman–Crippen LogP) is 4.25. The van der Waals surface area contributed by atoms with Gasteiger partial charge >= 0.3 is 0 Å². The van der Waals surface area contributed by atoms with E-state index in [-0.39, 0.29) is 18.1 Å². The summed E-state index contributed by atoms with van der Waals surface area (Å²) in [5.74, 6) is 0.00610. The number of carbonyl (C=O) groups excluding carboxylic acids is 1. The van der Waals surface area contributed by atoms with E-state index >= 15 is 0 Å². The zero-order chi connectivity index (χ0) is 19.5. The van der Waals surface area contributed by atoms with Gasteiger partial charge in [0.2, 0.25) is 5.91 Å². The largest absolute Gasteiger partial charge is 0.372 e. The second kappa shape index (κ2) is 8.12. The summed E-state index contributed by atoms with van der Waals surface area (Å²) in [6.45, 7) is 5.24. The third-order valence-electron chi connectivity index (χ3n) is 4.65. The van der Waals surface area contributed by atoms with Crippen molar-refractivity contribution < 1.29 is 9.53 Å². The standard InChI is InChI=1S/C22H23N3O2S/c1-16-13-24(14-17(2)27-16)21(26)11-10-18-15-25(19-7-4-3-5-8-19)23-22(18)20-9-6-12-28-20/h3-12,15-17H,13-14H2,1-2H3/b11-10+. The molecule has 1 aliphatic heterocycles. The Bertz CT molecular complexity index is 953. The SMILES string of the molecule is CC1CN(C(=O)/C=C/c2cn(-c3ccccc3)nc2-c2cccs2)CC(C)O1. The number of nitrogens with zero attached hydrogens (tertiary/aromatic N) is 3. The Kier molecular flexibility index (Phi) is 5.41. The van der Waals surface area contributed by atoms with Crippen molar-refractivity contribution in [3.8, 4) is 16.3 Å². The maximum absolute atomic E-state index is 12.7. The number of morpholine rings is 1. The molecule has 6 heteroatoms. The maximum atomic E-state index is 12.7. The Labute approximate surface area is 168 Å². The third-order valence-corrected chi connectivity index (χ3v) is 5.53. The van der Waals surface area contributed by atoms with Crippen molar-refractivity contribution in [3.05, 3.63) is 65.7 Å². The molecule has 5 nitrogen and oxygen atoms in total. The zero-order valence-electron chi connectivity index (χ0n) is 16.0. The number of amides is 1. The second-order valence-corrected chi connectivity index (χ2v) is 7.97. The van der Waals surface area contributed by atoms with Crippen LogP contribution in [-0.4, -0.2) is 45.9 Å². The minimum atomic E-state index is 0.00610. The van der Waals surface area contributed by atoms with Gasteiger partial charge in [-0.05, 0) is 43.5 Å². The van der Waals surface area contributed by atoms with E-state index in [4.69, 9.17) is 9.84 Å². The van der Waals surface area contributed by atoms with Gasteiger partial charge in [-0.15, -0.1) is 11.3 Å². The Hall–Kier alpha value is -2.70. The van der Waals surface area contributed by atoms with Gasteiger partial charge in [0.05, 0.1) is 22.8 Å². The molecule has 1 aliphatic rings. The highest BCUT2D eigenvalue weighted by molar-refractivity contribution is 7.13. The lowest BCUT2D eigenvalue weighted by Crippen LogP contribution is -2.47. The first-order chi connectivity index (χ1) is 13.6. The van der Waals surface area contributed by atoms with E-state index in [9.17, 15) is 4.79 Å². The zero-order valence-corrected chi connectivity index (χ0v) is 16.8. The lowest BCUT2D eigenvalue weighted by atomic mass is 10.2. The molecule has 0 spiro atoms. The Balaban J connectivity index is 1.62. The summed E-state index contributed by atoms with van der Waals surface area (Å²) < 4.78 is 7.58. The first kappa shape index (κ1) is 18.7. The Morgan fingerprint density at radius 1 is 1.14 bits per heavy atom. The van der Waals surface area contributed by atoms with E-state index in [1.165, 1.54) is 0 Å². The highest BCUT2D eigenvalue weighted by Gasteiger charge is 2.24. The maximum Gasteiger partial charge on any atom is 0.246 e. The van der Waals surface area contributed by atoms with Crippen LogP contribution in [0.2, 0.25) is 0 Å². The summed E-state index contributed by atoms with van der Waals surface area (Å²) in [4.78, 5) is 15.6. The van der Waals surface area contributed by atoms with Crippen LogP contribution < -0.4 is 0 Å². The van der Waals surface area contributed by atoms with Gasteiger partial charge in [0.1, 0.15) is 5.69 Å². The molecule has 1 saturated heterocycles. The van der Waals surface area contributed by atoms with E-state index < -0.39 is 0 Å². The van der Waals surface area contributed by atoms with Gasteiger partial charge in [0.15, 0.2) is 0 Å². The highest BCUT2D eigenvalue weighted by atomic mass is 32.1. The van der Waals surface area contributed by atoms with Crippen molar-refractivity contribution in [1.29, 1.82) is 0 Å². The molecule has 2 unspecified atom stereocenters. The lowest BCUT2D eigenvalue weighted by Gasteiger charge is -2.34. The summed E-state index contributed by atoms with van der Waals surface area (Å²) in [5, 5.41) is 6.80. The Morgan fingerprint density at radius 2 is 1.89 bits per heavy atom. The van der Waals surface area contributed by atoms with Gasteiger partial charge in [-0.2, -0.15) is 5.10 Å². The molecule has 144 valence electrons. The van der Waals surface area contributed by atoms with Crippen LogP contribution >= 0.6 is 11.3 Å². The lowest BCUT2D eigenvalue weighted by molar-refractivity contribution is -0.137. The fourth-order valence-electron chi connectivity index (χ4n) is 3.45. The van der Waals surface area contributed by atoms with E-state index in [2.05, 4.69) is 0 Å². The minimum absolute atomic E-state index is 0.00610. The first-order valence-electron chi connectivity index (χ1n) is 9.41. The molecule has 0 aliphatic carbocycles. The average molecular weight is 394 g/mol. The topological polar surface area (TPSA) is 47.4 Å². The number of carbonyl (C=O) groups is 1. The third kappa shape index (κ3) is 4.08. The van der Waals surface area contributed by atoms with Crippen LogP contribution in [0.1, 0.15) is 19.4 Å². The molecule has 4 rings (SSSR count). The second-order valence-electron chi connectivity index (χ2n) is 7.02. The molecule has 28 heavy (non-hydrogen) atoms. The van der Waals surface area contributed by atoms with Crippen molar-refractivity contribution in [2.45, 2.75) is 26.1 Å². The van der Waals surface area contributed by atoms with Gasteiger partial charge in [0.25, 0.3) is 0 Å². The van der Waals surface area contributed by atoms with Crippen LogP contribution in [0.3, 0.4) is 0 Å². The normalized spacial score (nSPS) is 20.0. The summed E-state index contributed by atoms with van der Waals surface area (Å²) in [6, 6.07) is 14.0. The van der Waals surface area contributed by atoms with Crippen LogP contribution in [0.4, 0.5) is 0 Å². The number of hydrogen-bond acceptors (Lipinski definition) is 4. The monoisotopic (exact) mass is 393 g/mol. The molecule has 0 saturated carbocycles. The van der Waals surface area contributed by atoms with Crippen LogP contribution in [0.5, 0.6) is 0 Å². The van der Waals surface area contributed by atoms with Gasteiger partial charge < -0.3 is 9.64 Å². The fourth-order valence-corrected chi connectivity index (χ4v) is 4.18. The molecular weight excluding hydrogens is 370 g/mol. The molecule has 3 heterocycles. The molecule has 1 fully saturated rings. The van der Waals surface area contributed by atoms with Gasteiger partial charge in [-0.25, -0.2) is 4.68 Å². The molecule has 2 atom stereocenters. The number of hydrogen-bond donors (Lipinski definition) is 0. The smallest absolute Gasteiger partial charge is 0.246 e. The number of aromatic nitrogens is 2. The van der Waals surface area contributed by atoms with Gasteiger partial charge in [-0.1, -0.05) is 24.3 Å². The molecule has 0 N–H and O–H groups in total. The molecule has 1 amide bonds. The number of para-hydroxylation sites is 1. The van der Waals surface area contributed by atoms with Crippen LogP contribution in [0.15, 0.2) is 60.1 Å². The van der Waals surface area contributed by atoms with Gasteiger partial charge in [0, 0.05) is 30.9 Å². The fraction of sp³-hybridized carbons (Fsp3) is 0.273. The van der Waals surface area contributed by atoms with Crippen LogP contribution in [-0.2, 0) is 9.53 Å². The van der Waals surface area contributed by atoms with E-state index in [1.807, 2.05) is 83.5 Å². The van der Waals surface area contributed by atoms with Crippen molar-refractivity contribution in [2.24, 2.45) is 0 Å². The van der Waals surface area contributed by atoms with Crippen molar-refractivity contribution >= 4 is 23.3 Å². The van der Waals surface area contributed by atoms with Crippen LogP contribution in [0, 0.1) is 0 Å². The molecule has 0 radical (unpaired) electrons. The van der Waals surface area contributed by atoms with Crippen molar-refractivity contribution in [1.82, 2.24) is 14.7 Å². The summed E-state index contributed by atoms with van der Waals surface area (Å²) in [7, 11) is 0. The minimum Gasteiger partial charge on any atom is -0.372 e. The average Bonchev–Trinajstić information content (AvgIpc) is 3.35. The Morgan fingerprint density at radius 3 is 2.57 bits per heavy atom. The molecule has 0 bridgehead atoms. The molecule has 1 aromatic carbocycles. The predicted molar refractivity (Wildman–Crippen MR) is 113 cm³/mol. The van der Waals surface area contributed by atoms with Crippen LogP contribution in [0.25, 0.3) is 22.3 Å².